The van der Waals surface area contributed by atoms with E-state index in [2.05, 4.69) is 49.8 Å². The second kappa shape index (κ2) is 9.49. The molecular formula is C22H27N7OS. The second-order valence-electron chi connectivity index (χ2n) is 7.80. The maximum atomic E-state index is 12.7. The molecule has 31 heavy (non-hydrogen) atoms. The van der Waals surface area contributed by atoms with Gasteiger partial charge in [-0.05, 0) is 73.3 Å². The highest BCUT2D eigenvalue weighted by molar-refractivity contribution is 8.00. The van der Waals surface area contributed by atoms with Crippen LogP contribution >= 0.6 is 11.8 Å². The standard InChI is InChI=1S/C22H27N7OS/c1-16-5-4-6-20(15-16)29-22(24-25-26-29)31-17(2)21(30)23-18-7-9-19(10-8-18)28-13-11-27(3)12-14-28/h4-10,15,17H,11-14H2,1-3H3,(H,23,30)/t17-/m1/s1. The van der Waals surface area contributed by atoms with Crippen molar-refractivity contribution < 1.29 is 4.79 Å². The Morgan fingerprint density at radius 3 is 2.52 bits per heavy atom. The van der Waals surface area contributed by atoms with Crippen LogP contribution in [0.4, 0.5) is 11.4 Å². The van der Waals surface area contributed by atoms with Crippen molar-refractivity contribution in [3.8, 4) is 5.69 Å². The molecule has 1 saturated heterocycles. The highest BCUT2D eigenvalue weighted by Crippen LogP contribution is 2.25. The lowest BCUT2D eigenvalue weighted by atomic mass is 10.2. The predicted octanol–water partition coefficient (Wildman–Crippen LogP) is 2.84. The summed E-state index contributed by atoms with van der Waals surface area (Å²) >= 11 is 1.33. The molecule has 0 radical (unpaired) electrons. The van der Waals surface area contributed by atoms with Crippen LogP contribution in [0.2, 0.25) is 0 Å². The first kappa shape index (κ1) is 21.3. The number of amides is 1. The Hall–Kier alpha value is -2.91. The second-order valence-corrected chi connectivity index (χ2v) is 9.11. The number of nitrogens with one attached hydrogen (secondary N) is 1. The number of aromatic nitrogens is 4. The zero-order chi connectivity index (χ0) is 21.8. The third-order valence-electron chi connectivity index (χ3n) is 5.34. The van der Waals surface area contributed by atoms with E-state index in [1.165, 1.54) is 17.4 Å². The summed E-state index contributed by atoms with van der Waals surface area (Å²) in [6, 6.07) is 16.0. The van der Waals surface area contributed by atoms with Gasteiger partial charge >= 0.3 is 0 Å². The maximum absolute atomic E-state index is 12.7. The molecule has 0 saturated carbocycles. The van der Waals surface area contributed by atoms with Crippen LogP contribution in [0.3, 0.4) is 0 Å². The van der Waals surface area contributed by atoms with Gasteiger partial charge in [0.25, 0.3) is 0 Å². The minimum Gasteiger partial charge on any atom is -0.369 e. The van der Waals surface area contributed by atoms with E-state index in [9.17, 15) is 4.79 Å². The average Bonchev–Trinajstić information content (AvgIpc) is 3.23. The highest BCUT2D eigenvalue weighted by atomic mass is 32.2. The van der Waals surface area contributed by atoms with Gasteiger partial charge in [0.05, 0.1) is 10.9 Å². The van der Waals surface area contributed by atoms with Gasteiger partial charge in [-0.3, -0.25) is 4.79 Å². The quantitative estimate of drug-likeness (QED) is 0.594. The van der Waals surface area contributed by atoms with Crippen LogP contribution in [-0.4, -0.2) is 69.5 Å². The van der Waals surface area contributed by atoms with Crippen LogP contribution in [-0.2, 0) is 4.79 Å². The number of anilines is 2. The monoisotopic (exact) mass is 437 g/mol. The number of tetrazole rings is 1. The molecule has 1 aliphatic heterocycles. The number of aryl methyl sites for hydroxylation is 1. The summed E-state index contributed by atoms with van der Waals surface area (Å²) in [6.07, 6.45) is 0. The van der Waals surface area contributed by atoms with Gasteiger partial charge in [-0.1, -0.05) is 23.9 Å². The highest BCUT2D eigenvalue weighted by Gasteiger charge is 2.20. The number of carbonyl (C=O) groups is 1. The normalized spacial score (nSPS) is 15.6. The Morgan fingerprint density at radius 2 is 1.81 bits per heavy atom. The molecule has 2 aromatic carbocycles. The average molecular weight is 438 g/mol. The fraction of sp³-hybridized carbons (Fsp3) is 0.364. The summed E-state index contributed by atoms with van der Waals surface area (Å²) in [5.74, 6) is -0.0869. The number of likely N-dealkylation sites (N-methyl/N-ethyl adjacent to an activating group) is 1. The lowest BCUT2D eigenvalue weighted by Crippen LogP contribution is -2.44. The Bertz CT molecular complexity index is 1030. The molecule has 8 nitrogen and oxygen atoms in total. The third kappa shape index (κ3) is 5.23. The first-order valence-electron chi connectivity index (χ1n) is 10.4. The Labute approximate surface area is 186 Å². The van der Waals surface area contributed by atoms with Crippen molar-refractivity contribution in [3.63, 3.8) is 0 Å². The molecule has 2 heterocycles. The number of carbonyl (C=O) groups excluding carboxylic acids is 1. The lowest BCUT2D eigenvalue weighted by Gasteiger charge is -2.34. The predicted molar refractivity (Wildman–Crippen MR) is 124 cm³/mol. The van der Waals surface area contributed by atoms with E-state index < -0.39 is 0 Å². The first-order valence-corrected chi connectivity index (χ1v) is 11.2. The maximum Gasteiger partial charge on any atom is 0.237 e. The van der Waals surface area contributed by atoms with E-state index in [-0.39, 0.29) is 11.2 Å². The molecule has 1 aliphatic rings. The summed E-state index contributed by atoms with van der Waals surface area (Å²) in [5.41, 5.74) is 3.97. The SMILES string of the molecule is Cc1cccc(-n2nnnc2S[C@H](C)C(=O)Nc2ccc(N3CCN(C)CC3)cc2)c1. The van der Waals surface area contributed by atoms with Gasteiger partial charge < -0.3 is 15.1 Å². The van der Waals surface area contributed by atoms with E-state index in [0.29, 0.717) is 5.16 Å². The van der Waals surface area contributed by atoms with Gasteiger partial charge in [0.1, 0.15) is 0 Å². The van der Waals surface area contributed by atoms with Crippen LogP contribution in [0.1, 0.15) is 12.5 Å². The summed E-state index contributed by atoms with van der Waals surface area (Å²) in [6.45, 7) is 8.04. The summed E-state index contributed by atoms with van der Waals surface area (Å²) < 4.78 is 1.66. The molecule has 3 aromatic rings. The summed E-state index contributed by atoms with van der Waals surface area (Å²) in [5, 5.41) is 15.2. The van der Waals surface area contributed by atoms with Crippen LogP contribution in [0.5, 0.6) is 0 Å². The van der Waals surface area contributed by atoms with Crippen molar-refractivity contribution in [1.82, 2.24) is 25.1 Å². The molecule has 1 N–H and O–H groups in total. The molecule has 1 atom stereocenters. The van der Waals surface area contributed by atoms with Crippen LogP contribution in [0.25, 0.3) is 5.69 Å². The summed E-state index contributed by atoms with van der Waals surface area (Å²) in [4.78, 5) is 17.4. The van der Waals surface area contributed by atoms with Gasteiger partial charge in [0, 0.05) is 37.6 Å². The van der Waals surface area contributed by atoms with E-state index in [1.54, 1.807) is 4.68 Å². The number of hydrogen-bond acceptors (Lipinski definition) is 7. The van der Waals surface area contributed by atoms with Crippen molar-refractivity contribution in [1.29, 1.82) is 0 Å². The minimum atomic E-state index is -0.355. The van der Waals surface area contributed by atoms with Crippen molar-refractivity contribution in [2.75, 3.05) is 43.4 Å². The van der Waals surface area contributed by atoms with E-state index in [0.717, 1.165) is 43.1 Å². The Morgan fingerprint density at radius 1 is 1.06 bits per heavy atom. The number of rotatable bonds is 6. The van der Waals surface area contributed by atoms with Gasteiger partial charge in [0.2, 0.25) is 11.1 Å². The van der Waals surface area contributed by atoms with Crippen molar-refractivity contribution in [2.45, 2.75) is 24.3 Å². The fourth-order valence-corrected chi connectivity index (χ4v) is 4.26. The molecule has 0 bridgehead atoms. The smallest absolute Gasteiger partial charge is 0.237 e. The van der Waals surface area contributed by atoms with Gasteiger partial charge in [-0.25, -0.2) is 0 Å². The Balaban J connectivity index is 1.37. The van der Waals surface area contributed by atoms with Gasteiger partial charge in [0.15, 0.2) is 0 Å². The molecule has 1 aromatic heterocycles. The first-order chi connectivity index (χ1) is 15.0. The van der Waals surface area contributed by atoms with Crippen molar-refractivity contribution in [2.24, 2.45) is 0 Å². The third-order valence-corrected chi connectivity index (χ3v) is 6.37. The molecule has 9 heteroatoms. The zero-order valence-electron chi connectivity index (χ0n) is 18.0. The molecule has 1 amide bonds. The van der Waals surface area contributed by atoms with E-state index in [4.69, 9.17) is 0 Å². The van der Waals surface area contributed by atoms with Crippen LogP contribution < -0.4 is 10.2 Å². The molecule has 0 aliphatic carbocycles. The number of nitrogens with zero attached hydrogens (tertiary/aromatic N) is 6. The van der Waals surface area contributed by atoms with Crippen molar-refractivity contribution >= 4 is 29.0 Å². The lowest BCUT2D eigenvalue weighted by molar-refractivity contribution is -0.115. The molecular weight excluding hydrogens is 410 g/mol. The van der Waals surface area contributed by atoms with Gasteiger partial charge in [-0.15, -0.1) is 5.10 Å². The topological polar surface area (TPSA) is 79.2 Å². The van der Waals surface area contributed by atoms with Crippen molar-refractivity contribution in [3.05, 3.63) is 54.1 Å². The molecule has 162 valence electrons. The number of hydrogen-bond donors (Lipinski definition) is 1. The summed E-state index contributed by atoms with van der Waals surface area (Å²) in [7, 11) is 2.15. The molecule has 0 spiro atoms. The fourth-order valence-electron chi connectivity index (χ4n) is 3.45. The largest absolute Gasteiger partial charge is 0.369 e. The number of piperazine rings is 1. The van der Waals surface area contributed by atoms with Crippen LogP contribution in [0.15, 0.2) is 53.7 Å². The molecule has 1 fully saturated rings. The number of thioether (sulfide) groups is 1. The molecule has 4 rings (SSSR count). The van der Waals surface area contributed by atoms with Gasteiger partial charge in [-0.2, -0.15) is 4.68 Å². The van der Waals surface area contributed by atoms with E-state index >= 15 is 0 Å². The van der Waals surface area contributed by atoms with Crippen LogP contribution in [0, 0.1) is 6.92 Å². The minimum absolute atomic E-state index is 0.0869. The van der Waals surface area contributed by atoms with E-state index in [1.807, 2.05) is 50.2 Å². The number of benzene rings is 2. The zero-order valence-corrected chi connectivity index (χ0v) is 18.8. The molecule has 0 unspecified atom stereocenters. The Kier molecular flexibility index (Phi) is 6.53.